The third-order valence-electron chi connectivity index (χ3n) is 4.89. The predicted molar refractivity (Wildman–Crippen MR) is 138 cm³/mol. The van der Waals surface area contributed by atoms with Crippen LogP contribution in [-0.4, -0.2) is 40.4 Å². The van der Waals surface area contributed by atoms with E-state index >= 15 is 0 Å². The van der Waals surface area contributed by atoms with E-state index in [2.05, 4.69) is 10.0 Å². The van der Waals surface area contributed by atoms with E-state index in [0.717, 1.165) is 4.90 Å². The van der Waals surface area contributed by atoms with Crippen LogP contribution < -0.4 is 24.2 Å². The molecule has 3 aromatic carbocycles. The van der Waals surface area contributed by atoms with E-state index in [0.29, 0.717) is 35.2 Å². The van der Waals surface area contributed by atoms with E-state index < -0.39 is 15.3 Å². The Morgan fingerprint density at radius 2 is 1.54 bits per heavy atom. The van der Waals surface area contributed by atoms with Crippen molar-refractivity contribution in [3.8, 4) is 17.2 Å². The number of benzene rings is 3. The first kappa shape index (κ1) is 26.2. The van der Waals surface area contributed by atoms with Crippen LogP contribution >= 0.6 is 11.8 Å². The minimum atomic E-state index is -3.78. The van der Waals surface area contributed by atoms with Crippen LogP contribution in [0.5, 0.6) is 17.2 Å². The Morgan fingerprint density at radius 3 is 2.14 bits per heavy atom. The number of rotatable bonds is 11. The summed E-state index contributed by atoms with van der Waals surface area (Å²) in [7, 11) is -0.664. The molecular weight excluding hydrogens is 488 g/mol. The Morgan fingerprint density at radius 1 is 0.914 bits per heavy atom. The molecule has 0 aromatic heterocycles. The molecular formula is C25H28N2O6S2. The smallest absolute Gasteiger partial charge is 0.261 e. The van der Waals surface area contributed by atoms with E-state index in [9.17, 15) is 13.2 Å². The van der Waals surface area contributed by atoms with Crippen molar-refractivity contribution in [3.05, 3.63) is 66.7 Å². The van der Waals surface area contributed by atoms with E-state index in [1.807, 2.05) is 19.1 Å². The summed E-state index contributed by atoms with van der Waals surface area (Å²) in [6.45, 7) is 4.19. The van der Waals surface area contributed by atoms with Crippen molar-refractivity contribution < 1.29 is 27.4 Å². The first-order valence-electron chi connectivity index (χ1n) is 10.8. The molecule has 3 rings (SSSR count). The number of sulfonamides is 1. The normalized spacial score (nSPS) is 11.9. The quantitative estimate of drug-likeness (QED) is 0.345. The van der Waals surface area contributed by atoms with Crippen LogP contribution in [0.3, 0.4) is 0 Å². The van der Waals surface area contributed by atoms with Crippen LogP contribution in [0.25, 0.3) is 0 Å². The molecule has 1 atom stereocenters. The van der Waals surface area contributed by atoms with Crippen LogP contribution in [0.2, 0.25) is 0 Å². The molecule has 10 heteroatoms. The molecule has 2 N–H and O–H groups in total. The fourth-order valence-corrected chi connectivity index (χ4v) is 5.06. The Balaban J connectivity index is 1.61. The number of amides is 1. The highest BCUT2D eigenvalue weighted by Crippen LogP contribution is 2.33. The van der Waals surface area contributed by atoms with Crippen LogP contribution in [0.1, 0.15) is 13.8 Å². The maximum atomic E-state index is 12.7. The molecule has 186 valence electrons. The summed E-state index contributed by atoms with van der Waals surface area (Å²) in [6, 6.07) is 18.1. The summed E-state index contributed by atoms with van der Waals surface area (Å²) >= 11 is 1.37. The lowest BCUT2D eigenvalue weighted by atomic mass is 10.3. The van der Waals surface area contributed by atoms with Gasteiger partial charge in [0.1, 0.15) is 5.75 Å². The van der Waals surface area contributed by atoms with Gasteiger partial charge in [-0.25, -0.2) is 8.42 Å². The van der Waals surface area contributed by atoms with Crippen molar-refractivity contribution in [1.82, 2.24) is 0 Å². The molecule has 0 aliphatic heterocycles. The first-order valence-corrected chi connectivity index (χ1v) is 13.2. The first-order chi connectivity index (χ1) is 16.7. The third-order valence-corrected chi connectivity index (χ3v) is 7.38. The number of ether oxygens (including phenoxy) is 3. The lowest BCUT2D eigenvalue weighted by molar-refractivity contribution is -0.115. The maximum Gasteiger partial charge on any atom is 0.261 e. The molecule has 0 saturated carbocycles. The molecule has 3 aromatic rings. The standard InChI is InChI=1S/C25H28N2O6S2/c1-5-33-20-10-6-19(7-11-20)27-35(29,30)22-13-8-18(9-14-22)26-25(28)17(2)34-21-12-15-23(31-3)24(16-21)32-4/h6-17,27H,5H2,1-4H3,(H,26,28). The Bertz CT molecular complexity index is 1250. The van der Waals surface area contributed by atoms with Gasteiger partial charge in [-0.05, 0) is 80.6 Å². The van der Waals surface area contributed by atoms with Gasteiger partial charge in [-0.15, -0.1) is 11.8 Å². The van der Waals surface area contributed by atoms with Crippen LogP contribution in [0.15, 0.2) is 76.5 Å². The number of hydrogen-bond acceptors (Lipinski definition) is 7. The molecule has 0 aliphatic rings. The number of thioether (sulfide) groups is 1. The zero-order chi connectivity index (χ0) is 25.4. The highest BCUT2D eigenvalue weighted by atomic mass is 32.2. The average Bonchev–Trinajstić information content (AvgIpc) is 2.85. The second kappa shape index (κ2) is 11.9. The van der Waals surface area contributed by atoms with E-state index in [4.69, 9.17) is 14.2 Å². The molecule has 35 heavy (non-hydrogen) atoms. The number of carbonyl (C=O) groups excluding carboxylic acids is 1. The number of methoxy groups -OCH3 is 2. The topological polar surface area (TPSA) is 103 Å². The van der Waals surface area contributed by atoms with Gasteiger partial charge in [0.2, 0.25) is 5.91 Å². The second-order valence-corrected chi connectivity index (χ2v) is 10.5. The molecule has 0 bridgehead atoms. The zero-order valence-electron chi connectivity index (χ0n) is 19.9. The van der Waals surface area contributed by atoms with Crippen molar-refractivity contribution in [1.29, 1.82) is 0 Å². The van der Waals surface area contributed by atoms with Crippen molar-refractivity contribution in [2.75, 3.05) is 30.9 Å². The van der Waals surface area contributed by atoms with E-state index in [1.54, 1.807) is 63.6 Å². The minimum Gasteiger partial charge on any atom is -0.494 e. The summed E-state index contributed by atoms with van der Waals surface area (Å²) in [5.41, 5.74) is 0.918. The Labute approximate surface area is 210 Å². The molecule has 8 nitrogen and oxygen atoms in total. The minimum absolute atomic E-state index is 0.0807. The largest absolute Gasteiger partial charge is 0.494 e. The number of hydrogen-bond donors (Lipinski definition) is 2. The monoisotopic (exact) mass is 516 g/mol. The van der Waals surface area contributed by atoms with E-state index in [1.165, 1.54) is 23.9 Å². The number of anilines is 2. The highest BCUT2D eigenvalue weighted by molar-refractivity contribution is 8.00. The summed E-state index contributed by atoms with van der Waals surface area (Å²) in [5, 5.41) is 2.41. The summed E-state index contributed by atoms with van der Waals surface area (Å²) in [5.74, 6) is 1.64. The lowest BCUT2D eigenvalue weighted by Crippen LogP contribution is -2.22. The fourth-order valence-electron chi connectivity index (χ4n) is 3.11. The molecule has 0 saturated heterocycles. The molecule has 1 unspecified atom stereocenters. The van der Waals surface area contributed by atoms with E-state index in [-0.39, 0.29) is 10.8 Å². The summed E-state index contributed by atoms with van der Waals surface area (Å²) in [6.07, 6.45) is 0. The molecule has 0 heterocycles. The SMILES string of the molecule is CCOc1ccc(NS(=O)(=O)c2ccc(NC(=O)C(C)Sc3ccc(OC)c(OC)c3)cc2)cc1. The number of nitrogens with one attached hydrogen (secondary N) is 2. The van der Waals surface area contributed by atoms with Gasteiger partial charge in [0.15, 0.2) is 11.5 Å². The van der Waals surface area contributed by atoms with Crippen molar-refractivity contribution in [3.63, 3.8) is 0 Å². The number of carbonyl (C=O) groups is 1. The maximum absolute atomic E-state index is 12.7. The fraction of sp³-hybridized carbons (Fsp3) is 0.240. The van der Waals surface area contributed by atoms with Crippen molar-refractivity contribution in [2.45, 2.75) is 28.9 Å². The zero-order valence-corrected chi connectivity index (χ0v) is 21.5. The Kier molecular flexibility index (Phi) is 8.89. The van der Waals surface area contributed by atoms with Crippen LogP contribution in [0.4, 0.5) is 11.4 Å². The van der Waals surface area contributed by atoms with Crippen LogP contribution in [-0.2, 0) is 14.8 Å². The lowest BCUT2D eigenvalue weighted by Gasteiger charge is -2.14. The summed E-state index contributed by atoms with van der Waals surface area (Å²) < 4.78 is 43.9. The molecule has 0 fully saturated rings. The van der Waals surface area contributed by atoms with Gasteiger partial charge in [-0.3, -0.25) is 9.52 Å². The second-order valence-electron chi connectivity index (χ2n) is 7.35. The molecule has 0 radical (unpaired) electrons. The molecule has 0 aliphatic carbocycles. The van der Waals surface area contributed by atoms with Crippen LogP contribution in [0, 0.1) is 0 Å². The van der Waals surface area contributed by atoms with Gasteiger partial charge in [-0.1, -0.05) is 0 Å². The summed E-state index contributed by atoms with van der Waals surface area (Å²) in [4.78, 5) is 13.6. The Hall–Kier alpha value is -3.37. The average molecular weight is 517 g/mol. The van der Waals surface area contributed by atoms with Gasteiger partial charge in [0.25, 0.3) is 10.0 Å². The van der Waals surface area contributed by atoms with Gasteiger partial charge in [0, 0.05) is 16.3 Å². The molecule has 1 amide bonds. The van der Waals surface area contributed by atoms with Crippen molar-refractivity contribution >= 4 is 39.1 Å². The van der Waals surface area contributed by atoms with Crippen molar-refractivity contribution in [2.24, 2.45) is 0 Å². The van der Waals surface area contributed by atoms with Gasteiger partial charge in [-0.2, -0.15) is 0 Å². The molecule has 0 spiro atoms. The highest BCUT2D eigenvalue weighted by Gasteiger charge is 2.18. The van der Waals surface area contributed by atoms with Gasteiger partial charge in [0.05, 0.1) is 31.0 Å². The predicted octanol–water partition coefficient (Wildman–Crippen LogP) is 5.02. The van der Waals surface area contributed by atoms with Gasteiger partial charge < -0.3 is 19.5 Å². The third kappa shape index (κ3) is 7.06. The van der Waals surface area contributed by atoms with Gasteiger partial charge >= 0.3 is 0 Å².